The first-order valence-corrected chi connectivity index (χ1v) is 6.07. The van der Waals surface area contributed by atoms with E-state index in [1.807, 2.05) is 0 Å². The summed E-state index contributed by atoms with van der Waals surface area (Å²) in [5.41, 5.74) is -0.492. The first-order chi connectivity index (χ1) is 9.38. The molecule has 20 heavy (non-hydrogen) atoms. The van der Waals surface area contributed by atoms with E-state index in [-0.39, 0.29) is 17.7 Å². The molecule has 0 atom stereocenters. The normalized spacial score (nSPS) is 14.4. The highest BCUT2D eigenvalue weighted by Crippen LogP contribution is 2.25. The van der Waals surface area contributed by atoms with Gasteiger partial charge in [-0.15, -0.1) is 0 Å². The fraction of sp³-hybridized carbons (Fsp3) is 0.357. The second kappa shape index (κ2) is 5.05. The molecule has 0 saturated carbocycles. The maximum atomic E-state index is 12.0. The molecule has 1 aliphatic heterocycles. The van der Waals surface area contributed by atoms with E-state index < -0.39 is 23.2 Å². The molecular weight excluding hydrogens is 262 g/mol. The van der Waals surface area contributed by atoms with Crippen LogP contribution < -0.4 is 0 Å². The van der Waals surface area contributed by atoms with Crippen LogP contribution in [0.5, 0.6) is 0 Å². The molecular formula is C14H15NO5. The Morgan fingerprint density at radius 2 is 1.65 bits per heavy atom. The van der Waals surface area contributed by atoms with Crippen molar-refractivity contribution < 1.29 is 24.0 Å². The average molecular weight is 277 g/mol. The molecule has 0 spiro atoms. The minimum Gasteiger partial charge on any atom is -0.384 e. The maximum absolute atomic E-state index is 12.0. The fourth-order valence-electron chi connectivity index (χ4n) is 1.88. The summed E-state index contributed by atoms with van der Waals surface area (Å²) in [5.74, 6) is -1.96. The van der Waals surface area contributed by atoms with Crippen LogP contribution in [0.1, 0.15) is 34.6 Å². The average Bonchev–Trinajstić information content (AvgIpc) is 2.64. The predicted molar refractivity (Wildman–Crippen MR) is 68.7 cm³/mol. The van der Waals surface area contributed by atoms with Gasteiger partial charge in [-0.3, -0.25) is 9.59 Å². The van der Waals surface area contributed by atoms with Crippen LogP contribution in [0, 0.1) is 5.41 Å². The second-order valence-corrected chi connectivity index (χ2v) is 5.15. The zero-order valence-electron chi connectivity index (χ0n) is 11.5. The Morgan fingerprint density at radius 3 is 2.10 bits per heavy atom. The summed E-state index contributed by atoms with van der Waals surface area (Å²) in [4.78, 5) is 41.0. The van der Waals surface area contributed by atoms with Crippen molar-refractivity contribution in [1.29, 1.82) is 0 Å². The molecule has 0 bridgehead atoms. The van der Waals surface area contributed by atoms with E-state index in [1.54, 1.807) is 26.0 Å². The lowest BCUT2D eigenvalue weighted by molar-refractivity contribution is -0.182. The molecule has 0 aliphatic carbocycles. The molecule has 1 aliphatic rings. The number of rotatable bonds is 4. The van der Waals surface area contributed by atoms with Crippen LogP contribution in [-0.2, 0) is 14.4 Å². The molecule has 6 heteroatoms. The van der Waals surface area contributed by atoms with Crippen molar-refractivity contribution in [3.8, 4) is 0 Å². The van der Waals surface area contributed by atoms with Crippen LogP contribution in [0.15, 0.2) is 24.3 Å². The minimum atomic E-state index is -0.954. The summed E-state index contributed by atoms with van der Waals surface area (Å²) in [6.07, 6.45) is 0. The summed E-state index contributed by atoms with van der Waals surface area (Å²) in [6.45, 7) is 3.34. The Hall–Kier alpha value is -2.21. The third kappa shape index (κ3) is 2.30. The van der Waals surface area contributed by atoms with Crippen LogP contribution in [0.25, 0.3) is 0 Å². The van der Waals surface area contributed by atoms with Gasteiger partial charge in [-0.2, -0.15) is 0 Å². The van der Waals surface area contributed by atoms with Gasteiger partial charge < -0.3 is 9.57 Å². The number of fused-ring (bicyclic) bond motifs is 1. The number of methoxy groups -OCH3 is 1. The van der Waals surface area contributed by atoms with Crippen LogP contribution >= 0.6 is 0 Å². The third-order valence-corrected chi connectivity index (χ3v) is 2.99. The van der Waals surface area contributed by atoms with Crippen molar-refractivity contribution in [3.05, 3.63) is 35.4 Å². The standard InChI is InChI=1S/C14H15NO5/c1-14(2,8-19-3)13(18)20-15-11(16)9-6-4-5-7-10(9)12(15)17/h4-7H,8H2,1-3H3. The smallest absolute Gasteiger partial charge is 0.341 e. The van der Waals surface area contributed by atoms with Gasteiger partial charge in [0.15, 0.2) is 0 Å². The van der Waals surface area contributed by atoms with Crippen LogP contribution in [0.4, 0.5) is 0 Å². The Balaban J connectivity index is 2.19. The number of hydrogen-bond acceptors (Lipinski definition) is 5. The number of nitrogens with zero attached hydrogens (tertiary/aromatic N) is 1. The summed E-state index contributed by atoms with van der Waals surface area (Å²) >= 11 is 0. The van der Waals surface area contributed by atoms with E-state index in [0.29, 0.717) is 5.06 Å². The number of ether oxygens (including phenoxy) is 1. The second-order valence-electron chi connectivity index (χ2n) is 5.15. The van der Waals surface area contributed by atoms with Crippen molar-refractivity contribution in [2.45, 2.75) is 13.8 Å². The van der Waals surface area contributed by atoms with E-state index in [2.05, 4.69) is 0 Å². The maximum Gasteiger partial charge on any atom is 0.341 e. The highest BCUT2D eigenvalue weighted by atomic mass is 16.7. The molecule has 0 saturated heterocycles. The molecule has 106 valence electrons. The van der Waals surface area contributed by atoms with Gasteiger partial charge in [0.1, 0.15) is 0 Å². The first kappa shape index (κ1) is 14.2. The number of carbonyl (C=O) groups is 3. The van der Waals surface area contributed by atoms with Gasteiger partial charge in [-0.25, -0.2) is 4.79 Å². The summed E-state index contributed by atoms with van der Waals surface area (Å²) < 4.78 is 4.92. The lowest BCUT2D eigenvalue weighted by Crippen LogP contribution is -2.39. The molecule has 2 amide bonds. The third-order valence-electron chi connectivity index (χ3n) is 2.99. The van der Waals surface area contributed by atoms with E-state index in [9.17, 15) is 14.4 Å². The summed E-state index contributed by atoms with van der Waals surface area (Å²) in [7, 11) is 1.46. The topological polar surface area (TPSA) is 72.9 Å². The molecule has 1 heterocycles. The zero-order valence-corrected chi connectivity index (χ0v) is 11.5. The number of hydrogen-bond donors (Lipinski definition) is 0. The largest absolute Gasteiger partial charge is 0.384 e. The minimum absolute atomic E-state index is 0.120. The first-order valence-electron chi connectivity index (χ1n) is 6.07. The Kier molecular flexibility index (Phi) is 3.59. The highest BCUT2D eigenvalue weighted by molar-refractivity contribution is 6.20. The highest BCUT2D eigenvalue weighted by Gasteiger charge is 2.41. The molecule has 0 fully saturated rings. The van der Waals surface area contributed by atoms with Gasteiger partial charge in [0.2, 0.25) is 0 Å². The van der Waals surface area contributed by atoms with Gasteiger partial charge in [0.25, 0.3) is 11.8 Å². The number of amides is 2. The Labute approximate surface area is 116 Å². The molecule has 1 aromatic rings. The number of benzene rings is 1. The molecule has 0 radical (unpaired) electrons. The fourth-order valence-corrected chi connectivity index (χ4v) is 1.88. The Morgan fingerprint density at radius 1 is 1.15 bits per heavy atom. The van der Waals surface area contributed by atoms with Crippen molar-refractivity contribution in [2.24, 2.45) is 5.41 Å². The van der Waals surface area contributed by atoms with Crippen molar-refractivity contribution in [3.63, 3.8) is 0 Å². The number of imide groups is 1. The monoisotopic (exact) mass is 277 g/mol. The van der Waals surface area contributed by atoms with E-state index >= 15 is 0 Å². The Bertz CT molecular complexity index is 544. The van der Waals surface area contributed by atoms with Gasteiger partial charge >= 0.3 is 5.97 Å². The molecule has 0 aromatic heterocycles. The predicted octanol–water partition coefficient (Wildman–Crippen LogP) is 1.41. The molecule has 6 nitrogen and oxygen atoms in total. The SMILES string of the molecule is COCC(C)(C)C(=O)ON1C(=O)c2ccccc2C1=O. The molecule has 0 unspecified atom stereocenters. The van der Waals surface area contributed by atoms with Crippen molar-refractivity contribution in [1.82, 2.24) is 5.06 Å². The van der Waals surface area contributed by atoms with E-state index in [4.69, 9.17) is 9.57 Å². The van der Waals surface area contributed by atoms with E-state index in [1.165, 1.54) is 19.2 Å². The lowest BCUT2D eigenvalue weighted by atomic mass is 9.95. The van der Waals surface area contributed by atoms with Gasteiger partial charge in [-0.05, 0) is 26.0 Å². The molecule has 1 aromatic carbocycles. The lowest BCUT2D eigenvalue weighted by Gasteiger charge is -2.23. The van der Waals surface area contributed by atoms with Crippen molar-refractivity contribution >= 4 is 17.8 Å². The van der Waals surface area contributed by atoms with Gasteiger partial charge in [0.05, 0.1) is 23.1 Å². The van der Waals surface area contributed by atoms with Gasteiger partial charge in [-0.1, -0.05) is 17.2 Å². The molecule has 2 rings (SSSR count). The van der Waals surface area contributed by atoms with Crippen molar-refractivity contribution in [2.75, 3.05) is 13.7 Å². The quantitative estimate of drug-likeness (QED) is 0.778. The van der Waals surface area contributed by atoms with Crippen LogP contribution in [-0.4, -0.2) is 36.6 Å². The number of hydroxylamine groups is 2. The van der Waals surface area contributed by atoms with Gasteiger partial charge in [0, 0.05) is 7.11 Å². The van der Waals surface area contributed by atoms with Crippen LogP contribution in [0.2, 0.25) is 0 Å². The van der Waals surface area contributed by atoms with E-state index in [0.717, 1.165) is 0 Å². The summed E-state index contributed by atoms with van der Waals surface area (Å²) in [5, 5.41) is 0.504. The number of carbonyl (C=O) groups excluding carboxylic acids is 3. The van der Waals surface area contributed by atoms with Crippen LogP contribution in [0.3, 0.4) is 0 Å². The summed E-state index contributed by atoms with van der Waals surface area (Å²) in [6, 6.07) is 6.32. The molecule has 0 N–H and O–H groups in total. The zero-order chi connectivity index (χ0) is 14.9.